The second-order valence-electron chi connectivity index (χ2n) is 9.25. The smallest absolute Gasteiger partial charge is 0.305 e. The van der Waals surface area contributed by atoms with Crippen molar-refractivity contribution in [3.8, 4) is 5.75 Å². The minimum atomic E-state index is -0.836. The van der Waals surface area contributed by atoms with Crippen molar-refractivity contribution in [1.29, 1.82) is 0 Å². The molecule has 3 atom stereocenters. The zero-order valence-corrected chi connectivity index (χ0v) is 24.6. The van der Waals surface area contributed by atoms with E-state index in [0.717, 1.165) is 11.3 Å². The first kappa shape index (κ1) is 27.9. The standard InChI is InChI=1S/C28H18Cl3N3O5S2/c29-13-6-9-19(39-12-20(35)32-14-7-8-17(30)18(31)11-14)16(10-13)21-22-24(40-25-23(21)41-28(38)33-25)27(37)34(26(22)36)15-4-2-1-3-5-15/h1-11,21-22,24H,12H2,(H,32,35)(H,33,38)/t21-,22-,24+/m0/s1. The Balaban J connectivity index is 1.35. The van der Waals surface area contributed by atoms with E-state index in [1.165, 1.54) is 22.7 Å². The number of aromatic amines is 1. The molecule has 6 rings (SSSR count). The van der Waals surface area contributed by atoms with E-state index in [4.69, 9.17) is 39.5 Å². The minimum absolute atomic E-state index is 0.289. The molecular formula is C28H18Cl3N3O5S2. The van der Waals surface area contributed by atoms with Crippen LogP contribution in [0.4, 0.5) is 11.4 Å². The number of halogens is 3. The molecule has 1 saturated heterocycles. The monoisotopic (exact) mass is 645 g/mol. The molecule has 0 saturated carbocycles. The highest BCUT2D eigenvalue weighted by Crippen LogP contribution is 2.54. The molecule has 3 aromatic carbocycles. The number of nitrogens with one attached hydrogen (secondary N) is 2. The Morgan fingerprint density at radius 1 is 0.951 bits per heavy atom. The molecule has 208 valence electrons. The number of carbonyl (C=O) groups excluding carboxylic acids is 3. The van der Waals surface area contributed by atoms with E-state index in [9.17, 15) is 19.2 Å². The topological polar surface area (TPSA) is 109 Å². The number of fused-ring (bicyclic) bond motifs is 2. The molecule has 0 aliphatic carbocycles. The molecule has 0 unspecified atom stereocenters. The van der Waals surface area contributed by atoms with Crippen LogP contribution in [-0.2, 0) is 14.4 Å². The number of thioether (sulfide) groups is 1. The van der Waals surface area contributed by atoms with Crippen molar-refractivity contribution in [2.75, 3.05) is 16.8 Å². The SMILES string of the molecule is O=C(COc1ccc(Cl)cc1[C@@H]1c2sc(=O)[nH]c2S[C@H]2C(=O)N(c3ccccc3)C(=O)[C@@H]12)Nc1ccc(Cl)c(Cl)c1. The third-order valence-corrected chi connectivity index (χ3v) is 10.1. The number of hydrogen-bond acceptors (Lipinski definition) is 7. The van der Waals surface area contributed by atoms with Crippen molar-refractivity contribution < 1.29 is 19.1 Å². The van der Waals surface area contributed by atoms with E-state index in [1.54, 1.807) is 60.7 Å². The second-order valence-corrected chi connectivity index (χ2v) is 12.7. The molecule has 0 bridgehead atoms. The first-order valence-corrected chi connectivity index (χ1v) is 15.0. The lowest BCUT2D eigenvalue weighted by Crippen LogP contribution is -2.32. The van der Waals surface area contributed by atoms with Gasteiger partial charge in [0.1, 0.15) is 11.0 Å². The van der Waals surface area contributed by atoms with Gasteiger partial charge in [-0.2, -0.15) is 0 Å². The maximum Gasteiger partial charge on any atom is 0.305 e. The quantitative estimate of drug-likeness (QED) is 0.241. The number of imide groups is 1. The highest BCUT2D eigenvalue weighted by atomic mass is 35.5. The Kier molecular flexibility index (Phi) is 7.60. The van der Waals surface area contributed by atoms with Gasteiger partial charge in [-0.05, 0) is 48.5 Å². The third-order valence-electron chi connectivity index (χ3n) is 6.71. The molecule has 3 amide bonds. The number of carbonyl (C=O) groups is 3. The lowest BCUT2D eigenvalue weighted by molar-refractivity contribution is -0.122. The van der Waals surface area contributed by atoms with Gasteiger partial charge in [-0.3, -0.25) is 19.2 Å². The number of aromatic nitrogens is 1. The first-order chi connectivity index (χ1) is 19.7. The number of para-hydroxylation sites is 1. The minimum Gasteiger partial charge on any atom is -0.483 e. The van der Waals surface area contributed by atoms with E-state index < -0.39 is 28.9 Å². The molecule has 2 aliphatic heterocycles. The van der Waals surface area contributed by atoms with E-state index >= 15 is 0 Å². The fourth-order valence-corrected chi connectivity index (χ4v) is 7.98. The summed E-state index contributed by atoms with van der Waals surface area (Å²) in [6, 6.07) is 18.2. The van der Waals surface area contributed by atoms with Gasteiger partial charge in [-0.1, -0.05) is 76.1 Å². The van der Waals surface area contributed by atoms with E-state index in [-0.39, 0.29) is 22.4 Å². The number of ether oxygens (including phenoxy) is 1. The molecule has 3 heterocycles. The number of hydrogen-bond donors (Lipinski definition) is 2. The summed E-state index contributed by atoms with van der Waals surface area (Å²) in [6.07, 6.45) is 0. The van der Waals surface area contributed by atoms with Crippen molar-refractivity contribution in [3.05, 3.63) is 102 Å². The van der Waals surface area contributed by atoms with E-state index in [1.807, 2.05) is 0 Å². The maximum absolute atomic E-state index is 13.9. The molecule has 8 nitrogen and oxygen atoms in total. The van der Waals surface area contributed by atoms with Crippen LogP contribution in [0.1, 0.15) is 16.4 Å². The summed E-state index contributed by atoms with van der Waals surface area (Å²) in [6.45, 7) is -0.371. The molecule has 0 radical (unpaired) electrons. The summed E-state index contributed by atoms with van der Waals surface area (Å²) in [4.78, 5) is 57.0. The normalized spacial score (nSPS) is 19.6. The Bertz CT molecular complexity index is 1760. The van der Waals surface area contributed by atoms with Gasteiger partial charge in [0, 0.05) is 27.1 Å². The Morgan fingerprint density at radius 3 is 2.49 bits per heavy atom. The summed E-state index contributed by atoms with van der Waals surface area (Å²) in [7, 11) is 0. The van der Waals surface area contributed by atoms with Gasteiger partial charge < -0.3 is 15.0 Å². The van der Waals surface area contributed by atoms with Gasteiger partial charge in [0.25, 0.3) is 5.91 Å². The second kappa shape index (κ2) is 11.2. The van der Waals surface area contributed by atoms with Crippen molar-refractivity contribution in [2.45, 2.75) is 16.2 Å². The van der Waals surface area contributed by atoms with Gasteiger partial charge >= 0.3 is 4.87 Å². The highest BCUT2D eigenvalue weighted by molar-refractivity contribution is 8.00. The van der Waals surface area contributed by atoms with Crippen LogP contribution in [-0.4, -0.2) is 34.6 Å². The van der Waals surface area contributed by atoms with Crippen molar-refractivity contribution in [2.24, 2.45) is 5.92 Å². The molecule has 13 heteroatoms. The van der Waals surface area contributed by atoms with Crippen LogP contribution >= 0.6 is 57.9 Å². The molecule has 41 heavy (non-hydrogen) atoms. The number of rotatable bonds is 6. The zero-order chi connectivity index (χ0) is 28.8. The van der Waals surface area contributed by atoms with E-state index in [2.05, 4.69) is 10.3 Å². The number of anilines is 2. The lowest BCUT2D eigenvalue weighted by Gasteiger charge is -2.31. The van der Waals surface area contributed by atoms with Crippen LogP contribution in [0.2, 0.25) is 15.1 Å². The fourth-order valence-electron chi connectivity index (χ4n) is 4.99. The summed E-state index contributed by atoms with van der Waals surface area (Å²) in [5.41, 5.74) is 1.40. The summed E-state index contributed by atoms with van der Waals surface area (Å²) >= 11 is 20.5. The average molecular weight is 647 g/mol. The van der Waals surface area contributed by atoms with Crippen LogP contribution in [0.5, 0.6) is 5.75 Å². The van der Waals surface area contributed by atoms with Crippen molar-refractivity contribution in [3.63, 3.8) is 0 Å². The van der Waals surface area contributed by atoms with Gasteiger partial charge in [0.15, 0.2) is 6.61 Å². The zero-order valence-electron chi connectivity index (χ0n) is 20.7. The van der Waals surface area contributed by atoms with Gasteiger partial charge in [0.2, 0.25) is 11.8 Å². The van der Waals surface area contributed by atoms with Crippen LogP contribution < -0.4 is 19.8 Å². The number of benzene rings is 3. The van der Waals surface area contributed by atoms with Crippen LogP contribution in [0.15, 0.2) is 76.6 Å². The fraction of sp³-hybridized carbons (Fsp3) is 0.143. The van der Waals surface area contributed by atoms with Crippen molar-refractivity contribution >= 4 is 87.0 Å². The summed E-state index contributed by atoms with van der Waals surface area (Å²) < 4.78 is 5.95. The number of amides is 3. The van der Waals surface area contributed by atoms with Crippen LogP contribution in [0, 0.1) is 5.92 Å². The van der Waals surface area contributed by atoms with Crippen molar-refractivity contribution in [1.82, 2.24) is 4.98 Å². The number of H-pyrrole nitrogens is 1. The largest absolute Gasteiger partial charge is 0.483 e. The Labute approximate surface area is 256 Å². The Hall–Kier alpha value is -3.28. The average Bonchev–Trinajstić information content (AvgIpc) is 3.44. The molecule has 4 aromatic rings. The number of thiazole rings is 1. The predicted molar refractivity (Wildman–Crippen MR) is 161 cm³/mol. The molecule has 0 spiro atoms. The summed E-state index contributed by atoms with van der Waals surface area (Å²) in [5.74, 6) is -2.49. The summed E-state index contributed by atoms with van der Waals surface area (Å²) in [5, 5.41) is 3.44. The third kappa shape index (κ3) is 5.26. The predicted octanol–water partition coefficient (Wildman–Crippen LogP) is 6.21. The molecular weight excluding hydrogens is 629 g/mol. The molecule has 2 aliphatic rings. The Morgan fingerprint density at radius 2 is 1.73 bits per heavy atom. The molecule has 1 aromatic heterocycles. The molecule has 1 fully saturated rings. The first-order valence-electron chi connectivity index (χ1n) is 12.2. The molecule has 2 N–H and O–H groups in total. The number of nitrogens with zero attached hydrogens (tertiary/aromatic N) is 1. The maximum atomic E-state index is 13.9. The van der Waals surface area contributed by atoms with Gasteiger partial charge in [-0.25, -0.2) is 4.90 Å². The van der Waals surface area contributed by atoms with Gasteiger partial charge in [0.05, 0.1) is 26.7 Å². The van der Waals surface area contributed by atoms with Gasteiger partial charge in [-0.15, -0.1) is 0 Å². The van der Waals surface area contributed by atoms with E-state index in [0.29, 0.717) is 42.6 Å². The lowest BCUT2D eigenvalue weighted by atomic mass is 9.82. The highest BCUT2D eigenvalue weighted by Gasteiger charge is 2.56. The van der Waals surface area contributed by atoms with Crippen LogP contribution in [0.25, 0.3) is 0 Å². The van der Waals surface area contributed by atoms with Crippen LogP contribution in [0.3, 0.4) is 0 Å².